The molecule has 0 aromatic heterocycles. The predicted molar refractivity (Wildman–Crippen MR) is 82.7 cm³/mol. The van der Waals surface area contributed by atoms with Crippen molar-refractivity contribution in [2.75, 3.05) is 47.6 Å². The molecule has 1 N–H and O–H groups in total. The molecule has 0 aliphatic rings. The highest BCUT2D eigenvalue weighted by Gasteiger charge is 2.18. The lowest BCUT2D eigenvalue weighted by atomic mass is 10.1. The van der Waals surface area contributed by atoms with Crippen LogP contribution in [0.4, 0.5) is 0 Å². The van der Waals surface area contributed by atoms with Crippen molar-refractivity contribution in [2.24, 2.45) is 0 Å². The van der Waals surface area contributed by atoms with Gasteiger partial charge < -0.3 is 19.3 Å². The van der Waals surface area contributed by atoms with Gasteiger partial charge in [-0.05, 0) is 24.6 Å². The molecule has 0 aliphatic heterocycles. The van der Waals surface area contributed by atoms with Crippen LogP contribution in [-0.2, 0) is 9.47 Å². The van der Waals surface area contributed by atoms with Crippen molar-refractivity contribution in [1.82, 2.24) is 4.90 Å². The van der Waals surface area contributed by atoms with Gasteiger partial charge >= 0.3 is 0 Å². The molecule has 2 atom stereocenters. The molecular formula is C16H27NO4. The van der Waals surface area contributed by atoms with Gasteiger partial charge in [0.25, 0.3) is 0 Å². The smallest absolute Gasteiger partial charge is 0.118 e. The maximum absolute atomic E-state index is 10.4. The monoisotopic (exact) mass is 297 g/mol. The van der Waals surface area contributed by atoms with Crippen LogP contribution < -0.4 is 4.74 Å². The molecule has 0 saturated heterocycles. The van der Waals surface area contributed by atoms with E-state index in [1.54, 1.807) is 21.3 Å². The highest BCUT2D eigenvalue weighted by atomic mass is 16.5. The molecule has 1 rings (SSSR count). The summed E-state index contributed by atoms with van der Waals surface area (Å²) in [6.07, 6.45) is -0.549. The zero-order valence-corrected chi connectivity index (χ0v) is 13.4. The number of rotatable bonds is 10. The number of aliphatic hydroxyl groups excluding tert-OH is 1. The van der Waals surface area contributed by atoms with Crippen molar-refractivity contribution in [3.8, 4) is 5.75 Å². The van der Waals surface area contributed by atoms with Crippen molar-refractivity contribution in [2.45, 2.75) is 19.1 Å². The summed E-state index contributed by atoms with van der Waals surface area (Å²) in [7, 11) is 4.99. The van der Waals surface area contributed by atoms with Crippen molar-refractivity contribution in [3.05, 3.63) is 29.8 Å². The van der Waals surface area contributed by atoms with E-state index in [1.165, 1.54) is 0 Å². The third-order valence-corrected chi connectivity index (χ3v) is 3.52. The Morgan fingerprint density at radius 3 is 2.29 bits per heavy atom. The van der Waals surface area contributed by atoms with Crippen LogP contribution in [0.25, 0.3) is 0 Å². The van der Waals surface area contributed by atoms with Crippen molar-refractivity contribution in [1.29, 1.82) is 0 Å². The first-order valence-corrected chi connectivity index (χ1v) is 7.16. The third-order valence-electron chi connectivity index (χ3n) is 3.52. The second-order valence-electron chi connectivity index (χ2n) is 5.08. The van der Waals surface area contributed by atoms with Crippen LogP contribution in [0.5, 0.6) is 5.75 Å². The number of aliphatic hydroxyl groups is 1. The first kappa shape index (κ1) is 17.9. The molecule has 21 heavy (non-hydrogen) atoms. The van der Waals surface area contributed by atoms with Gasteiger partial charge in [-0.1, -0.05) is 12.1 Å². The quantitative estimate of drug-likeness (QED) is 0.712. The Morgan fingerprint density at radius 1 is 1.10 bits per heavy atom. The van der Waals surface area contributed by atoms with E-state index in [0.29, 0.717) is 19.8 Å². The second-order valence-corrected chi connectivity index (χ2v) is 5.08. The minimum absolute atomic E-state index is 0.220. The summed E-state index contributed by atoms with van der Waals surface area (Å²) in [5.41, 5.74) is 0.878. The zero-order chi connectivity index (χ0) is 15.7. The third kappa shape index (κ3) is 6.01. The van der Waals surface area contributed by atoms with Crippen LogP contribution in [0.15, 0.2) is 24.3 Å². The van der Waals surface area contributed by atoms with E-state index in [-0.39, 0.29) is 6.04 Å². The van der Waals surface area contributed by atoms with Crippen molar-refractivity contribution >= 4 is 0 Å². The minimum atomic E-state index is -0.549. The minimum Gasteiger partial charge on any atom is -0.497 e. The molecule has 0 heterocycles. The van der Waals surface area contributed by atoms with Crippen molar-refractivity contribution in [3.63, 3.8) is 0 Å². The number of hydrogen-bond acceptors (Lipinski definition) is 5. The SMILES string of the molecule is COCCN(CC(O)c1ccc(OC)cc1)C(C)COC. The van der Waals surface area contributed by atoms with Gasteiger partial charge in [-0.3, -0.25) is 4.90 Å². The maximum atomic E-state index is 10.4. The molecule has 1 aromatic rings. The van der Waals surface area contributed by atoms with Gasteiger partial charge in [0.15, 0.2) is 0 Å². The molecule has 120 valence electrons. The summed E-state index contributed by atoms with van der Waals surface area (Å²) >= 11 is 0. The highest BCUT2D eigenvalue weighted by molar-refractivity contribution is 5.28. The molecule has 0 amide bonds. The van der Waals surface area contributed by atoms with E-state index in [4.69, 9.17) is 14.2 Å². The number of nitrogens with zero attached hydrogens (tertiary/aromatic N) is 1. The van der Waals surface area contributed by atoms with E-state index in [1.807, 2.05) is 24.3 Å². The summed E-state index contributed by atoms with van der Waals surface area (Å²) in [4.78, 5) is 2.17. The number of benzene rings is 1. The standard InChI is InChI=1S/C16H27NO4/c1-13(12-20-3)17(9-10-19-2)11-16(18)14-5-7-15(21-4)8-6-14/h5-8,13,16,18H,9-12H2,1-4H3. The van der Waals surface area contributed by atoms with E-state index >= 15 is 0 Å². The Kier molecular flexibility index (Phi) is 8.30. The van der Waals surface area contributed by atoms with Gasteiger partial charge in [-0.15, -0.1) is 0 Å². The average molecular weight is 297 g/mol. The van der Waals surface area contributed by atoms with E-state index < -0.39 is 6.10 Å². The lowest BCUT2D eigenvalue weighted by molar-refractivity contribution is 0.0386. The Bertz CT molecular complexity index is 382. The van der Waals surface area contributed by atoms with Crippen LogP contribution in [0.1, 0.15) is 18.6 Å². The second kappa shape index (κ2) is 9.73. The van der Waals surface area contributed by atoms with Crippen LogP contribution >= 0.6 is 0 Å². The van der Waals surface area contributed by atoms with E-state index in [9.17, 15) is 5.11 Å². The molecule has 1 aromatic carbocycles. The van der Waals surface area contributed by atoms with Gasteiger partial charge in [-0.25, -0.2) is 0 Å². The van der Waals surface area contributed by atoms with Crippen LogP contribution in [0.3, 0.4) is 0 Å². The molecule has 0 saturated carbocycles. The first-order chi connectivity index (χ1) is 10.1. The summed E-state index contributed by atoms with van der Waals surface area (Å²) in [6.45, 7) is 4.64. The van der Waals surface area contributed by atoms with Gasteiger partial charge in [-0.2, -0.15) is 0 Å². The summed E-state index contributed by atoms with van der Waals surface area (Å²) < 4.78 is 15.5. The lowest BCUT2D eigenvalue weighted by Gasteiger charge is -2.30. The van der Waals surface area contributed by atoms with Gasteiger partial charge in [0.2, 0.25) is 0 Å². The molecule has 5 heteroatoms. The van der Waals surface area contributed by atoms with Gasteiger partial charge in [0, 0.05) is 33.4 Å². The maximum Gasteiger partial charge on any atom is 0.118 e. The average Bonchev–Trinajstić information content (AvgIpc) is 2.51. The Hall–Kier alpha value is -1.14. The fourth-order valence-corrected chi connectivity index (χ4v) is 2.20. The molecule has 0 bridgehead atoms. The van der Waals surface area contributed by atoms with Crippen LogP contribution in [0, 0.1) is 0 Å². The molecular weight excluding hydrogens is 270 g/mol. The van der Waals surface area contributed by atoms with Gasteiger partial charge in [0.1, 0.15) is 5.75 Å². The fourth-order valence-electron chi connectivity index (χ4n) is 2.20. The summed E-state index contributed by atoms with van der Waals surface area (Å²) in [5.74, 6) is 0.787. The van der Waals surface area contributed by atoms with Crippen LogP contribution in [-0.4, -0.2) is 63.7 Å². The summed E-state index contributed by atoms with van der Waals surface area (Å²) in [6, 6.07) is 7.71. The molecule has 2 unspecified atom stereocenters. The Balaban J connectivity index is 2.66. The highest BCUT2D eigenvalue weighted by Crippen LogP contribution is 2.19. The normalized spacial score (nSPS) is 14.2. The van der Waals surface area contributed by atoms with Crippen LogP contribution in [0.2, 0.25) is 0 Å². The van der Waals surface area contributed by atoms with Crippen molar-refractivity contribution < 1.29 is 19.3 Å². The van der Waals surface area contributed by atoms with E-state index in [2.05, 4.69) is 11.8 Å². The Labute approximate surface area is 127 Å². The topological polar surface area (TPSA) is 51.2 Å². The fraction of sp³-hybridized carbons (Fsp3) is 0.625. The van der Waals surface area contributed by atoms with E-state index in [0.717, 1.165) is 17.9 Å². The lowest BCUT2D eigenvalue weighted by Crippen LogP contribution is -2.41. The zero-order valence-electron chi connectivity index (χ0n) is 13.4. The number of methoxy groups -OCH3 is 3. The molecule has 5 nitrogen and oxygen atoms in total. The first-order valence-electron chi connectivity index (χ1n) is 7.16. The predicted octanol–water partition coefficient (Wildman–Crippen LogP) is 1.71. The molecule has 0 spiro atoms. The summed E-state index contributed by atoms with van der Waals surface area (Å²) in [5, 5.41) is 10.4. The largest absolute Gasteiger partial charge is 0.497 e. The Morgan fingerprint density at radius 2 is 1.76 bits per heavy atom. The number of hydrogen-bond donors (Lipinski definition) is 1. The molecule has 0 aliphatic carbocycles. The molecule has 0 radical (unpaired) electrons. The van der Waals surface area contributed by atoms with Gasteiger partial charge in [0.05, 0.1) is 26.4 Å². The number of ether oxygens (including phenoxy) is 3. The molecule has 0 fully saturated rings.